The minimum absolute atomic E-state index is 0.364. The Morgan fingerprint density at radius 1 is 1.44 bits per heavy atom. The molecule has 0 saturated carbocycles. The third-order valence-electron chi connectivity index (χ3n) is 3.69. The predicted octanol–water partition coefficient (Wildman–Crippen LogP) is 1.12. The largest absolute Gasteiger partial charge is 0.355 e. The number of rotatable bonds is 2. The van der Waals surface area contributed by atoms with Gasteiger partial charge in [-0.05, 0) is 38.1 Å². The Balaban J connectivity index is 2.10. The van der Waals surface area contributed by atoms with E-state index < -0.39 is 0 Å². The van der Waals surface area contributed by atoms with E-state index in [4.69, 9.17) is 5.26 Å². The monoisotopic (exact) mass is 245 g/mol. The van der Waals surface area contributed by atoms with E-state index in [0.29, 0.717) is 17.7 Å². The van der Waals surface area contributed by atoms with Crippen LogP contribution >= 0.6 is 0 Å². The van der Waals surface area contributed by atoms with Crippen molar-refractivity contribution in [3.63, 3.8) is 0 Å². The maximum absolute atomic E-state index is 8.72. The Morgan fingerprint density at radius 2 is 2.22 bits per heavy atom. The molecule has 1 fully saturated rings. The summed E-state index contributed by atoms with van der Waals surface area (Å²) in [5.41, 5.74) is 0.364. The van der Waals surface area contributed by atoms with Gasteiger partial charge in [-0.25, -0.2) is 0 Å². The number of nitrogens with zero attached hydrogens (tertiary/aromatic N) is 5. The summed E-state index contributed by atoms with van der Waals surface area (Å²) in [4.78, 5) is 4.55. The normalized spacial score (nSPS) is 24.6. The smallest absolute Gasteiger partial charge is 0.163 e. The second kappa shape index (κ2) is 5.32. The highest BCUT2D eigenvalue weighted by atomic mass is 15.3. The molecule has 0 aliphatic carbocycles. The minimum atomic E-state index is 0.364. The molecule has 2 atom stereocenters. The Labute approximate surface area is 108 Å². The summed E-state index contributed by atoms with van der Waals surface area (Å²) in [6, 6.07) is 6.07. The van der Waals surface area contributed by atoms with Gasteiger partial charge in [-0.2, -0.15) is 5.26 Å². The summed E-state index contributed by atoms with van der Waals surface area (Å²) in [7, 11) is 4.22. The Kier molecular flexibility index (Phi) is 3.78. The molecule has 18 heavy (non-hydrogen) atoms. The molecule has 0 bridgehead atoms. The van der Waals surface area contributed by atoms with Gasteiger partial charge >= 0.3 is 0 Å². The third kappa shape index (κ3) is 2.59. The molecule has 1 aromatic rings. The highest BCUT2D eigenvalue weighted by Crippen LogP contribution is 2.23. The van der Waals surface area contributed by atoms with Crippen LogP contribution < -0.4 is 4.90 Å². The van der Waals surface area contributed by atoms with Crippen LogP contribution in [0.1, 0.15) is 19.0 Å². The van der Waals surface area contributed by atoms with Crippen molar-refractivity contribution in [1.29, 1.82) is 5.26 Å². The fraction of sp³-hybridized carbons (Fsp3) is 0.615. The number of anilines is 1. The quantitative estimate of drug-likeness (QED) is 0.781. The molecule has 0 amide bonds. The van der Waals surface area contributed by atoms with Gasteiger partial charge in [0.05, 0.1) is 0 Å². The molecule has 1 aliphatic heterocycles. The fourth-order valence-corrected chi connectivity index (χ4v) is 2.66. The van der Waals surface area contributed by atoms with Gasteiger partial charge in [-0.15, -0.1) is 10.2 Å². The minimum Gasteiger partial charge on any atom is -0.355 e. The highest BCUT2D eigenvalue weighted by molar-refractivity contribution is 5.39. The van der Waals surface area contributed by atoms with E-state index in [2.05, 4.69) is 41.0 Å². The van der Waals surface area contributed by atoms with Crippen LogP contribution in [0, 0.1) is 17.2 Å². The van der Waals surface area contributed by atoms with Gasteiger partial charge in [0.25, 0.3) is 0 Å². The van der Waals surface area contributed by atoms with Crippen molar-refractivity contribution in [3.8, 4) is 6.07 Å². The maximum atomic E-state index is 8.72. The van der Waals surface area contributed by atoms with Gasteiger partial charge in [-0.1, -0.05) is 6.92 Å². The molecule has 0 aromatic carbocycles. The highest BCUT2D eigenvalue weighted by Gasteiger charge is 2.28. The van der Waals surface area contributed by atoms with Crippen molar-refractivity contribution in [3.05, 3.63) is 17.8 Å². The predicted molar refractivity (Wildman–Crippen MR) is 70.2 cm³/mol. The van der Waals surface area contributed by atoms with E-state index in [1.165, 1.54) is 0 Å². The first-order valence-corrected chi connectivity index (χ1v) is 6.27. The molecule has 96 valence electrons. The molecule has 5 heteroatoms. The lowest BCUT2D eigenvalue weighted by Crippen LogP contribution is -2.48. The van der Waals surface area contributed by atoms with Gasteiger partial charge in [-0.3, -0.25) is 0 Å². The van der Waals surface area contributed by atoms with Crippen molar-refractivity contribution < 1.29 is 0 Å². The Hall–Kier alpha value is -1.67. The SMILES string of the molecule is CC1CN(C)CCC1N(C)c1ccc(C#N)nn1. The number of piperidine rings is 1. The van der Waals surface area contributed by atoms with Crippen LogP contribution in [0.3, 0.4) is 0 Å². The van der Waals surface area contributed by atoms with Crippen LogP contribution in [-0.2, 0) is 0 Å². The van der Waals surface area contributed by atoms with Gasteiger partial charge in [0.1, 0.15) is 6.07 Å². The molecular formula is C13H19N5. The molecule has 1 saturated heterocycles. The van der Waals surface area contributed by atoms with E-state index in [9.17, 15) is 0 Å². The van der Waals surface area contributed by atoms with Gasteiger partial charge in [0, 0.05) is 19.6 Å². The van der Waals surface area contributed by atoms with E-state index in [-0.39, 0.29) is 0 Å². The van der Waals surface area contributed by atoms with Crippen LogP contribution in [0.25, 0.3) is 0 Å². The van der Waals surface area contributed by atoms with Crippen molar-refractivity contribution in [2.24, 2.45) is 5.92 Å². The lowest BCUT2D eigenvalue weighted by molar-refractivity contribution is 0.193. The first kappa shape index (κ1) is 12.8. The molecular weight excluding hydrogens is 226 g/mol. The average Bonchev–Trinajstić information content (AvgIpc) is 2.38. The molecule has 2 rings (SSSR count). The number of aromatic nitrogens is 2. The van der Waals surface area contributed by atoms with Crippen molar-refractivity contribution in [1.82, 2.24) is 15.1 Å². The molecule has 1 aromatic heterocycles. The second-order valence-electron chi connectivity index (χ2n) is 5.10. The van der Waals surface area contributed by atoms with E-state index in [1.54, 1.807) is 6.07 Å². The average molecular weight is 245 g/mol. The first-order valence-electron chi connectivity index (χ1n) is 6.27. The molecule has 5 nitrogen and oxygen atoms in total. The van der Waals surface area contributed by atoms with Crippen LogP contribution in [0.2, 0.25) is 0 Å². The van der Waals surface area contributed by atoms with Crippen molar-refractivity contribution >= 4 is 5.82 Å². The van der Waals surface area contributed by atoms with Gasteiger partial charge < -0.3 is 9.80 Å². The number of nitriles is 1. The zero-order valence-corrected chi connectivity index (χ0v) is 11.2. The lowest BCUT2D eigenvalue weighted by Gasteiger charge is -2.40. The van der Waals surface area contributed by atoms with Crippen LogP contribution in [0.15, 0.2) is 12.1 Å². The number of hydrogen-bond acceptors (Lipinski definition) is 5. The fourth-order valence-electron chi connectivity index (χ4n) is 2.66. The molecule has 2 heterocycles. The Bertz CT molecular complexity index is 436. The van der Waals surface area contributed by atoms with Crippen LogP contribution in [0.4, 0.5) is 5.82 Å². The van der Waals surface area contributed by atoms with Crippen LogP contribution in [-0.4, -0.2) is 48.3 Å². The number of likely N-dealkylation sites (tertiary alicyclic amines) is 1. The molecule has 1 aliphatic rings. The molecule has 0 radical (unpaired) electrons. The first-order chi connectivity index (χ1) is 8.61. The summed E-state index contributed by atoms with van der Waals surface area (Å²) in [5, 5.41) is 16.7. The summed E-state index contributed by atoms with van der Waals surface area (Å²) in [6.07, 6.45) is 1.13. The topological polar surface area (TPSA) is 56.0 Å². The van der Waals surface area contributed by atoms with E-state index in [1.807, 2.05) is 12.1 Å². The maximum Gasteiger partial charge on any atom is 0.163 e. The molecule has 2 unspecified atom stereocenters. The summed E-state index contributed by atoms with van der Waals surface area (Å²) >= 11 is 0. The third-order valence-corrected chi connectivity index (χ3v) is 3.69. The zero-order valence-electron chi connectivity index (χ0n) is 11.2. The molecule has 0 spiro atoms. The summed E-state index contributed by atoms with van der Waals surface area (Å²) in [5.74, 6) is 1.45. The van der Waals surface area contributed by atoms with Crippen molar-refractivity contribution in [2.45, 2.75) is 19.4 Å². The van der Waals surface area contributed by atoms with Gasteiger partial charge in [0.2, 0.25) is 0 Å². The number of hydrogen-bond donors (Lipinski definition) is 0. The van der Waals surface area contributed by atoms with Gasteiger partial charge in [0.15, 0.2) is 11.5 Å². The van der Waals surface area contributed by atoms with E-state index in [0.717, 1.165) is 25.3 Å². The molecule has 0 N–H and O–H groups in total. The zero-order chi connectivity index (χ0) is 13.1. The van der Waals surface area contributed by atoms with Crippen molar-refractivity contribution in [2.75, 3.05) is 32.1 Å². The lowest BCUT2D eigenvalue weighted by atomic mass is 9.93. The summed E-state index contributed by atoms with van der Waals surface area (Å²) < 4.78 is 0. The Morgan fingerprint density at radius 3 is 2.78 bits per heavy atom. The van der Waals surface area contributed by atoms with E-state index >= 15 is 0 Å². The second-order valence-corrected chi connectivity index (χ2v) is 5.10. The standard InChI is InChI=1S/C13H19N5/c1-10-9-17(2)7-6-12(10)18(3)13-5-4-11(8-14)15-16-13/h4-5,10,12H,6-7,9H2,1-3H3. The van der Waals surface area contributed by atoms with Crippen LogP contribution in [0.5, 0.6) is 0 Å². The summed E-state index contributed by atoms with van der Waals surface area (Å²) in [6.45, 7) is 4.50.